The monoisotopic (exact) mass is 446 g/mol. The normalized spacial score (nSPS) is 16.9. The van der Waals surface area contributed by atoms with Crippen LogP contribution < -0.4 is 5.32 Å². The van der Waals surface area contributed by atoms with Gasteiger partial charge in [-0.2, -0.15) is 0 Å². The molecule has 0 saturated carbocycles. The molecule has 0 radical (unpaired) electrons. The van der Waals surface area contributed by atoms with E-state index >= 15 is 0 Å². The lowest BCUT2D eigenvalue weighted by Crippen LogP contribution is -2.18. The van der Waals surface area contributed by atoms with Crippen LogP contribution in [-0.2, 0) is 11.2 Å². The molecule has 1 amide bonds. The second-order valence-electron chi connectivity index (χ2n) is 9.27. The minimum atomic E-state index is -0.0994. The van der Waals surface area contributed by atoms with Gasteiger partial charge in [0.15, 0.2) is 0 Å². The molecule has 5 nitrogen and oxygen atoms in total. The number of halogens is 1. The van der Waals surface area contributed by atoms with E-state index in [0.717, 1.165) is 42.7 Å². The van der Waals surface area contributed by atoms with Crippen LogP contribution in [0.15, 0.2) is 22.7 Å². The Bertz CT molecular complexity index is 878. The summed E-state index contributed by atoms with van der Waals surface area (Å²) in [6.45, 7) is 6.56. The first kappa shape index (κ1) is 23.8. The fourth-order valence-corrected chi connectivity index (χ4v) is 4.80. The van der Waals surface area contributed by atoms with Gasteiger partial charge in [0, 0.05) is 30.4 Å². The van der Waals surface area contributed by atoms with Crippen LogP contribution in [0.2, 0.25) is 5.02 Å². The molecule has 0 fully saturated rings. The molecule has 0 saturated heterocycles. The number of nitrogens with one attached hydrogen (secondary N) is 1. The number of amides is 1. The van der Waals surface area contributed by atoms with E-state index in [0.29, 0.717) is 41.8 Å². The van der Waals surface area contributed by atoms with Crippen LogP contribution in [0.25, 0.3) is 0 Å². The predicted molar refractivity (Wildman–Crippen MR) is 125 cm³/mol. The van der Waals surface area contributed by atoms with Crippen LogP contribution in [0.4, 0.5) is 5.69 Å². The fraction of sp³-hybridized carbons (Fsp3) is 0.600. The maximum atomic E-state index is 12.8. The highest BCUT2D eigenvalue weighted by Crippen LogP contribution is 2.40. The van der Waals surface area contributed by atoms with Gasteiger partial charge in [-0.25, -0.2) is 0 Å². The standard InChI is InChI=1S/C25H35ClN2O3/c1-16(2)9-11-18-6-4-8-20-24(28-31-25(18)20)19(7-5-13-29)15-23(30)27-22-12-10-17(3)14-21(22)26/h10,12,14,16,18-19,29H,4-9,11,13,15H2,1-3H3,(H,27,30)/t18?,19-/m0/s1. The summed E-state index contributed by atoms with van der Waals surface area (Å²) in [5.41, 5.74) is 3.77. The first-order chi connectivity index (χ1) is 14.9. The Morgan fingerprint density at radius 3 is 2.87 bits per heavy atom. The van der Waals surface area contributed by atoms with Gasteiger partial charge in [0.25, 0.3) is 0 Å². The van der Waals surface area contributed by atoms with Crippen molar-refractivity contribution in [3.05, 3.63) is 45.8 Å². The van der Waals surface area contributed by atoms with E-state index in [4.69, 9.17) is 16.1 Å². The van der Waals surface area contributed by atoms with Crippen molar-refractivity contribution in [3.63, 3.8) is 0 Å². The predicted octanol–water partition coefficient (Wildman–Crippen LogP) is 6.38. The molecule has 31 heavy (non-hydrogen) atoms. The molecule has 3 rings (SSSR count). The molecule has 1 aromatic heterocycles. The van der Waals surface area contributed by atoms with E-state index in [1.54, 1.807) is 0 Å². The summed E-state index contributed by atoms with van der Waals surface area (Å²) >= 11 is 6.28. The first-order valence-corrected chi connectivity index (χ1v) is 11.9. The number of hydrogen-bond donors (Lipinski definition) is 2. The van der Waals surface area contributed by atoms with Crippen molar-refractivity contribution in [1.82, 2.24) is 5.16 Å². The number of aromatic nitrogens is 1. The average molecular weight is 447 g/mol. The van der Waals surface area contributed by atoms with Crippen molar-refractivity contribution in [2.24, 2.45) is 5.92 Å². The Labute approximate surface area is 190 Å². The summed E-state index contributed by atoms with van der Waals surface area (Å²) in [6.07, 6.45) is 7.13. The van der Waals surface area contributed by atoms with E-state index in [2.05, 4.69) is 24.3 Å². The molecule has 1 heterocycles. The highest BCUT2D eigenvalue weighted by atomic mass is 35.5. The minimum Gasteiger partial charge on any atom is -0.396 e. The van der Waals surface area contributed by atoms with Gasteiger partial charge < -0.3 is 14.9 Å². The number of aryl methyl sites for hydroxylation is 1. The summed E-state index contributed by atoms with van der Waals surface area (Å²) in [4.78, 5) is 12.8. The molecule has 6 heteroatoms. The van der Waals surface area contributed by atoms with E-state index in [9.17, 15) is 9.90 Å². The lowest BCUT2D eigenvalue weighted by molar-refractivity contribution is -0.116. The van der Waals surface area contributed by atoms with E-state index in [-0.39, 0.29) is 18.4 Å². The van der Waals surface area contributed by atoms with Gasteiger partial charge in [0.1, 0.15) is 5.76 Å². The zero-order valence-corrected chi connectivity index (χ0v) is 19.7. The van der Waals surface area contributed by atoms with E-state index < -0.39 is 0 Å². The number of nitrogens with zero attached hydrogens (tertiary/aromatic N) is 1. The third-order valence-corrected chi connectivity index (χ3v) is 6.53. The van der Waals surface area contributed by atoms with E-state index in [1.165, 1.54) is 12.0 Å². The van der Waals surface area contributed by atoms with Gasteiger partial charge in [-0.1, -0.05) is 43.1 Å². The van der Waals surface area contributed by atoms with Crippen molar-refractivity contribution in [3.8, 4) is 0 Å². The van der Waals surface area contributed by atoms with Crippen molar-refractivity contribution >= 4 is 23.2 Å². The van der Waals surface area contributed by atoms with Crippen molar-refractivity contribution in [2.75, 3.05) is 11.9 Å². The Morgan fingerprint density at radius 1 is 1.35 bits per heavy atom. The lowest BCUT2D eigenvalue weighted by atomic mass is 9.81. The SMILES string of the molecule is Cc1ccc(NC(=O)C[C@H](CCCO)c2noc3c2CCCC3CCC(C)C)c(Cl)c1. The first-order valence-electron chi connectivity index (χ1n) is 11.5. The largest absolute Gasteiger partial charge is 0.396 e. The molecular formula is C25H35ClN2O3. The van der Waals surface area contributed by atoms with Gasteiger partial charge in [-0.3, -0.25) is 4.79 Å². The third-order valence-electron chi connectivity index (χ3n) is 6.22. The topological polar surface area (TPSA) is 75.4 Å². The second kappa shape index (κ2) is 11.1. The number of anilines is 1. The minimum absolute atomic E-state index is 0.0762. The molecule has 0 bridgehead atoms. The smallest absolute Gasteiger partial charge is 0.225 e. The molecule has 0 spiro atoms. The molecule has 1 unspecified atom stereocenters. The van der Waals surface area contributed by atoms with E-state index in [1.807, 2.05) is 25.1 Å². The number of carbonyl (C=O) groups is 1. The molecule has 1 aliphatic carbocycles. The number of aliphatic hydroxyl groups is 1. The lowest BCUT2D eigenvalue weighted by Gasteiger charge is -2.22. The Kier molecular flexibility index (Phi) is 8.56. The quantitative estimate of drug-likeness (QED) is 0.444. The van der Waals surface area contributed by atoms with Crippen LogP contribution in [0, 0.1) is 12.8 Å². The number of fused-ring (bicyclic) bond motifs is 1. The van der Waals surface area contributed by atoms with Crippen LogP contribution in [0.1, 0.15) is 93.2 Å². The van der Waals surface area contributed by atoms with Gasteiger partial charge in [-0.15, -0.1) is 0 Å². The van der Waals surface area contributed by atoms with Gasteiger partial charge in [-0.05, 0) is 69.1 Å². The highest BCUT2D eigenvalue weighted by molar-refractivity contribution is 6.33. The van der Waals surface area contributed by atoms with Gasteiger partial charge in [0.2, 0.25) is 5.91 Å². The number of rotatable bonds is 10. The summed E-state index contributed by atoms with van der Waals surface area (Å²) in [5, 5.41) is 17.3. The summed E-state index contributed by atoms with van der Waals surface area (Å²) in [5.74, 6) is 1.94. The second-order valence-corrected chi connectivity index (χ2v) is 9.68. The number of carbonyl (C=O) groups excluding carboxylic acids is 1. The molecule has 2 atom stereocenters. The molecule has 0 aliphatic heterocycles. The third kappa shape index (κ3) is 6.33. The zero-order valence-electron chi connectivity index (χ0n) is 18.9. The number of benzene rings is 1. The highest BCUT2D eigenvalue weighted by Gasteiger charge is 2.31. The Morgan fingerprint density at radius 2 is 2.16 bits per heavy atom. The fourth-order valence-electron chi connectivity index (χ4n) is 4.51. The maximum absolute atomic E-state index is 12.8. The molecule has 2 N–H and O–H groups in total. The molecule has 170 valence electrons. The molecular weight excluding hydrogens is 412 g/mol. The summed E-state index contributed by atoms with van der Waals surface area (Å²) in [6, 6.07) is 5.59. The van der Waals surface area contributed by atoms with Gasteiger partial charge >= 0.3 is 0 Å². The van der Waals surface area contributed by atoms with Crippen LogP contribution in [0.3, 0.4) is 0 Å². The molecule has 2 aromatic rings. The maximum Gasteiger partial charge on any atom is 0.225 e. The Hall–Kier alpha value is -1.85. The van der Waals surface area contributed by atoms with Crippen molar-refractivity contribution in [1.29, 1.82) is 0 Å². The van der Waals surface area contributed by atoms with Crippen LogP contribution in [-0.4, -0.2) is 22.8 Å². The average Bonchev–Trinajstić information content (AvgIpc) is 3.16. The number of aliphatic hydroxyl groups excluding tert-OH is 1. The zero-order chi connectivity index (χ0) is 22.4. The van der Waals surface area contributed by atoms with Gasteiger partial charge in [0.05, 0.1) is 16.4 Å². The molecule has 1 aromatic carbocycles. The van der Waals surface area contributed by atoms with Crippen LogP contribution in [0.5, 0.6) is 0 Å². The molecule has 1 aliphatic rings. The Balaban J connectivity index is 1.75. The summed E-state index contributed by atoms with van der Waals surface area (Å²) < 4.78 is 5.86. The van der Waals surface area contributed by atoms with Crippen molar-refractivity contribution < 1.29 is 14.4 Å². The van der Waals surface area contributed by atoms with Crippen molar-refractivity contribution in [2.45, 2.75) is 84.0 Å². The number of hydrogen-bond acceptors (Lipinski definition) is 4. The van der Waals surface area contributed by atoms with Crippen LogP contribution >= 0.6 is 11.6 Å². The summed E-state index contributed by atoms with van der Waals surface area (Å²) in [7, 11) is 0.